The van der Waals surface area contributed by atoms with Crippen molar-refractivity contribution in [2.24, 2.45) is 0 Å². The zero-order valence-corrected chi connectivity index (χ0v) is 18.0. The van der Waals surface area contributed by atoms with Gasteiger partial charge in [0.05, 0.1) is 17.8 Å². The van der Waals surface area contributed by atoms with Crippen LogP contribution in [0.25, 0.3) is 0 Å². The van der Waals surface area contributed by atoms with E-state index in [0.717, 1.165) is 48.6 Å². The maximum absolute atomic E-state index is 13.0. The van der Waals surface area contributed by atoms with Crippen LogP contribution in [0.2, 0.25) is 0 Å². The molecule has 0 bridgehead atoms. The summed E-state index contributed by atoms with van der Waals surface area (Å²) in [6, 6.07) is 0. The molecule has 0 unspecified atom stereocenters. The fraction of sp³-hybridized carbons (Fsp3) is 0.500. The highest BCUT2D eigenvalue weighted by molar-refractivity contribution is 7.10. The number of hydrogen-bond donors (Lipinski definition) is 0. The minimum Gasteiger partial charge on any atom is -0.361 e. The van der Waals surface area contributed by atoms with Crippen molar-refractivity contribution in [3.8, 4) is 0 Å². The summed E-state index contributed by atoms with van der Waals surface area (Å²) in [5.41, 5.74) is 4.07. The molecule has 3 aromatic heterocycles. The Labute approximate surface area is 173 Å². The Morgan fingerprint density at radius 1 is 1.31 bits per heavy atom. The first-order chi connectivity index (χ1) is 14.0. The molecule has 8 nitrogen and oxygen atoms in total. The number of nitrogens with zero attached hydrogens (tertiary/aromatic N) is 5. The van der Waals surface area contributed by atoms with Gasteiger partial charge in [-0.25, -0.2) is 0 Å². The molecule has 0 fully saturated rings. The Hall–Kier alpha value is -2.52. The van der Waals surface area contributed by atoms with Crippen LogP contribution >= 0.6 is 11.3 Å². The van der Waals surface area contributed by atoms with E-state index in [2.05, 4.69) is 20.2 Å². The van der Waals surface area contributed by atoms with Crippen LogP contribution in [0.1, 0.15) is 56.5 Å². The van der Waals surface area contributed by atoms with E-state index in [9.17, 15) is 4.79 Å². The zero-order valence-electron chi connectivity index (χ0n) is 17.2. The van der Waals surface area contributed by atoms with Gasteiger partial charge in [0.25, 0.3) is 5.91 Å². The molecule has 1 aliphatic rings. The molecule has 4 rings (SSSR count). The molecule has 0 spiro atoms. The lowest BCUT2D eigenvalue weighted by atomic mass is 10.0. The van der Waals surface area contributed by atoms with Gasteiger partial charge in [-0.05, 0) is 25.8 Å². The summed E-state index contributed by atoms with van der Waals surface area (Å²) in [6.45, 7) is 8.79. The van der Waals surface area contributed by atoms with E-state index in [0.29, 0.717) is 24.7 Å². The molecule has 0 atom stereocenters. The molecular formula is C20H25N5O3S. The predicted octanol–water partition coefficient (Wildman–Crippen LogP) is 3.13. The summed E-state index contributed by atoms with van der Waals surface area (Å²) in [5, 5.41) is 9.97. The van der Waals surface area contributed by atoms with Crippen LogP contribution in [-0.2, 0) is 32.5 Å². The maximum atomic E-state index is 13.0. The average Bonchev–Trinajstić information content (AvgIpc) is 3.42. The lowest BCUT2D eigenvalue weighted by Crippen LogP contribution is -2.32. The molecule has 0 aromatic carbocycles. The second-order valence-corrected chi connectivity index (χ2v) is 8.40. The van der Waals surface area contributed by atoms with E-state index in [1.807, 2.05) is 26.2 Å². The van der Waals surface area contributed by atoms with Gasteiger partial charge in [0, 0.05) is 48.9 Å². The van der Waals surface area contributed by atoms with Gasteiger partial charge in [-0.2, -0.15) is 4.98 Å². The van der Waals surface area contributed by atoms with E-state index in [4.69, 9.17) is 9.05 Å². The van der Waals surface area contributed by atoms with Crippen LogP contribution in [0, 0.1) is 13.8 Å². The second-order valence-electron chi connectivity index (χ2n) is 7.43. The van der Waals surface area contributed by atoms with Crippen LogP contribution < -0.4 is 0 Å². The van der Waals surface area contributed by atoms with Gasteiger partial charge in [0.1, 0.15) is 5.76 Å². The number of thiophene rings is 1. The van der Waals surface area contributed by atoms with Gasteiger partial charge >= 0.3 is 0 Å². The molecule has 1 aliphatic heterocycles. The zero-order chi connectivity index (χ0) is 20.5. The molecule has 0 N–H and O–H groups in total. The number of aromatic nitrogens is 3. The lowest BCUT2D eigenvalue weighted by molar-refractivity contribution is 0.0779. The van der Waals surface area contributed by atoms with E-state index in [-0.39, 0.29) is 5.91 Å². The van der Waals surface area contributed by atoms with Crippen molar-refractivity contribution in [3.63, 3.8) is 0 Å². The highest BCUT2D eigenvalue weighted by atomic mass is 32.1. The minimum absolute atomic E-state index is 0.00419. The second kappa shape index (κ2) is 8.08. The summed E-state index contributed by atoms with van der Waals surface area (Å²) >= 11 is 1.66. The van der Waals surface area contributed by atoms with E-state index < -0.39 is 0 Å². The van der Waals surface area contributed by atoms with Crippen molar-refractivity contribution < 1.29 is 13.8 Å². The monoisotopic (exact) mass is 415 g/mol. The molecule has 0 radical (unpaired) electrons. The Morgan fingerprint density at radius 3 is 2.83 bits per heavy atom. The Bertz CT molecular complexity index is 1000. The third-order valence-electron chi connectivity index (χ3n) is 5.36. The molecule has 0 saturated carbocycles. The first-order valence-corrected chi connectivity index (χ1v) is 10.6. The van der Waals surface area contributed by atoms with Crippen LogP contribution in [0.3, 0.4) is 0 Å². The molecule has 3 aromatic rings. The molecule has 154 valence electrons. The van der Waals surface area contributed by atoms with E-state index in [1.165, 1.54) is 10.4 Å². The van der Waals surface area contributed by atoms with Crippen LogP contribution in [0.5, 0.6) is 0 Å². The lowest BCUT2D eigenvalue weighted by Gasteiger charge is -2.27. The number of amides is 1. The number of fused-ring (bicyclic) bond motifs is 1. The average molecular weight is 416 g/mol. The number of hydrogen-bond acceptors (Lipinski definition) is 8. The summed E-state index contributed by atoms with van der Waals surface area (Å²) in [5.74, 6) is 2.01. The number of carbonyl (C=O) groups is 1. The van der Waals surface area contributed by atoms with Gasteiger partial charge in [-0.1, -0.05) is 17.2 Å². The number of carbonyl (C=O) groups excluding carboxylic acids is 1. The van der Waals surface area contributed by atoms with Crippen molar-refractivity contribution in [1.29, 1.82) is 0 Å². The minimum atomic E-state index is 0.00419. The summed E-state index contributed by atoms with van der Waals surface area (Å²) in [4.78, 5) is 22.6. The Balaban J connectivity index is 1.44. The van der Waals surface area contributed by atoms with Crippen LogP contribution in [0.4, 0.5) is 0 Å². The van der Waals surface area contributed by atoms with Crippen molar-refractivity contribution in [2.75, 3.05) is 13.6 Å². The fourth-order valence-electron chi connectivity index (χ4n) is 3.63. The third kappa shape index (κ3) is 3.97. The third-order valence-corrected chi connectivity index (χ3v) is 6.37. The largest absolute Gasteiger partial charge is 0.361 e. The Kier molecular flexibility index (Phi) is 5.51. The van der Waals surface area contributed by atoms with Gasteiger partial charge in [-0.15, -0.1) is 11.3 Å². The summed E-state index contributed by atoms with van der Waals surface area (Å²) in [7, 11) is 1.78. The van der Waals surface area contributed by atoms with Crippen molar-refractivity contribution >= 4 is 17.2 Å². The first-order valence-electron chi connectivity index (χ1n) is 9.76. The molecular weight excluding hydrogens is 390 g/mol. The highest BCUT2D eigenvalue weighted by Gasteiger charge is 2.27. The van der Waals surface area contributed by atoms with Gasteiger partial charge in [0.15, 0.2) is 5.82 Å². The topological polar surface area (TPSA) is 88.5 Å². The molecule has 1 amide bonds. The molecule has 0 aliphatic carbocycles. The van der Waals surface area contributed by atoms with Crippen LogP contribution in [0.15, 0.2) is 14.4 Å². The van der Waals surface area contributed by atoms with Crippen molar-refractivity contribution in [3.05, 3.63) is 50.1 Å². The number of rotatable bonds is 6. The normalized spacial score (nSPS) is 14.2. The van der Waals surface area contributed by atoms with Crippen molar-refractivity contribution in [2.45, 2.75) is 53.2 Å². The SMILES string of the molecule is CCc1nc(CN(C)C(=O)c2csc3c2CCN(Cc2c(C)noc2C)C3)no1. The first kappa shape index (κ1) is 19.8. The quantitative estimate of drug-likeness (QED) is 0.611. The van der Waals surface area contributed by atoms with Crippen LogP contribution in [-0.4, -0.2) is 44.6 Å². The molecule has 29 heavy (non-hydrogen) atoms. The number of aryl methyl sites for hydroxylation is 3. The van der Waals surface area contributed by atoms with E-state index >= 15 is 0 Å². The smallest absolute Gasteiger partial charge is 0.255 e. The Morgan fingerprint density at radius 2 is 2.14 bits per heavy atom. The summed E-state index contributed by atoms with van der Waals surface area (Å²) in [6.07, 6.45) is 1.55. The van der Waals surface area contributed by atoms with E-state index in [1.54, 1.807) is 23.3 Å². The molecule has 0 saturated heterocycles. The highest BCUT2D eigenvalue weighted by Crippen LogP contribution is 2.31. The van der Waals surface area contributed by atoms with Gasteiger partial charge < -0.3 is 13.9 Å². The van der Waals surface area contributed by atoms with Crippen molar-refractivity contribution in [1.82, 2.24) is 25.1 Å². The molecule has 9 heteroatoms. The standard InChI is InChI=1S/C20H25N5O3S/c1-5-19-21-18(23-28-19)10-24(4)20(26)16-11-29-17-9-25(7-6-14(16)17)8-15-12(2)22-27-13(15)3/h11H,5-10H2,1-4H3. The summed E-state index contributed by atoms with van der Waals surface area (Å²) < 4.78 is 10.4. The van der Waals surface area contributed by atoms with Gasteiger partial charge in [0.2, 0.25) is 5.89 Å². The molecule has 4 heterocycles. The fourth-order valence-corrected chi connectivity index (χ4v) is 4.75. The maximum Gasteiger partial charge on any atom is 0.255 e. The van der Waals surface area contributed by atoms with Gasteiger partial charge in [-0.3, -0.25) is 9.69 Å². The predicted molar refractivity (Wildman–Crippen MR) is 108 cm³/mol.